The lowest BCUT2D eigenvalue weighted by Crippen LogP contribution is -2.36. The molecule has 0 amide bonds. The summed E-state index contributed by atoms with van der Waals surface area (Å²) in [5.74, 6) is 0. The maximum atomic E-state index is 12.8. The van der Waals surface area contributed by atoms with Gasteiger partial charge in [-0.15, -0.1) is 0 Å². The summed E-state index contributed by atoms with van der Waals surface area (Å²) in [5, 5.41) is 0. The van der Waals surface area contributed by atoms with Gasteiger partial charge in [0.1, 0.15) is 0 Å². The Bertz CT molecular complexity index is 709. The Morgan fingerprint density at radius 2 is 1.43 bits per heavy atom. The van der Waals surface area contributed by atoms with Crippen LogP contribution >= 0.6 is 0 Å². The first-order chi connectivity index (χ1) is 10.2. The molecule has 0 aliphatic heterocycles. The quantitative estimate of drug-likeness (QED) is 0.777. The first kappa shape index (κ1) is 14.5. The van der Waals surface area contributed by atoms with E-state index in [1.165, 1.54) is 0 Å². The van der Waals surface area contributed by atoms with Crippen LogP contribution in [0.2, 0.25) is 19.6 Å². The molecule has 2 atom stereocenters. The number of benzene rings is 2. The van der Waals surface area contributed by atoms with Gasteiger partial charge in [0, 0.05) is 1.37 Å². The van der Waals surface area contributed by atoms with Crippen molar-refractivity contribution >= 4 is 17.9 Å². The third-order valence-corrected chi connectivity index (χ3v) is 7.65. The third-order valence-electron chi connectivity index (χ3n) is 3.48. The van der Waals surface area contributed by atoms with Gasteiger partial charge in [0.25, 0.3) is 0 Å². The van der Waals surface area contributed by atoms with Crippen LogP contribution in [0.25, 0.3) is 0 Å². The minimum Gasteiger partial charge on any atom is -0.224 e. The molecule has 0 spiro atoms. The highest BCUT2D eigenvalue weighted by atomic mass is 32.2. The van der Waals surface area contributed by atoms with Gasteiger partial charge in [0.05, 0.1) is 18.7 Å². The highest BCUT2D eigenvalue weighted by molar-refractivity contribution is 7.91. The van der Waals surface area contributed by atoms with Gasteiger partial charge in [-0.3, -0.25) is 0 Å². The Morgan fingerprint density at radius 3 is 1.90 bits per heavy atom. The summed E-state index contributed by atoms with van der Waals surface area (Å²) >= 11 is 0. The second kappa shape index (κ2) is 6.16. The van der Waals surface area contributed by atoms with Gasteiger partial charge < -0.3 is 0 Å². The molecular weight excluding hydrogens is 296 g/mol. The standard InChI is InChI=1S/C17H22O2SSi/c1-21(2,3)17(15-10-6-4-7-11-15)14-20(18,19)16-12-8-5-9-13-16/h4-13,17H,14H2,1-3H3/i14D. The van der Waals surface area contributed by atoms with Crippen LogP contribution in [-0.4, -0.2) is 22.2 Å². The van der Waals surface area contributed by atoms with E-state index in [1.54, 1.807) is 30.3 Å². The van der Waals surface area contributed by atoms with Crippen molar-refractivity contribution in [2.75, 3.05) is 5.73 Å². The third kappa shape index (κ3) is 4.05. The largest absolute Gasteiger partial charge is 0.224 e. The minimum atomic E-state index is -3.67. The normalized spacial score (nSPS) is 16.0. The zero-order valence-corrected chi connectivity index (χ0v) is 14.5. The Kier molecular flexibility index (Phi) is 4.26. The van der Waals surface area contributed by atoms with E-state index in [4.69, 9.17) is 1.37 Å². The lowest BCUT2D eigenvalue weighted by atomic mass is 10.2. The fraction of sp³-hybridized carbons (Fsp3) is 0.294. The van der Waals surface area contributed by atoms with E-state index < -0.39 is 23.6 Å². The van der Waals surface area contributed by atoms with Crippen molar-refractivity contribution in [3.8, 4) is 0 Å². The molecule has 4 heteroatoms. The number of sulfone groups is 1. The smallest absolute Gasteiger partial charge is 0.178 e. The van der Waals surface area contributed by atoms with Gasteiger partial charge in [-0.25, -0.2) is 8.42 Å². The van der Waals surface area contributed by atoms with Crippen LogP contribution in [0, 0.1) is 0 Å². The summed E-state index contributed by atoms with van der Waals surface area (Å²) in [5.41, 5.74) is -0.496. The SMILES string of the molecule is [2H]C(C(c1ccccc1)[Si](C)(C)C)S(=O)(=O)c1ccccc1. The molecule has 0 fully saturated rings. The van der Waals surface area contributed by atoms with Gasteiger partial charge >= 0.3 is 0 Å². The van der Waals surface area contributed by atoms with Crippen molar-refractivity contribution in [2.45, 2.75) is 30.1 Å². The van der Waals surface area contributed by atoms with Gasteiger partial charge in [0.15, 0.2) is 9.84 Å². The van der Waals surface area contributed by atoms with Crippen LogP contribution in [0.1, 0.15) is 12.5 Å². The Balaban J connectivity index is 2.49. The molecule has 0 N–H and O–H groups in total. The van der Waals surface area contributed by atoms with Crippen LogP contribution in [0.3, 0.4) is 0 Å². The molecule has 0 aliphatic rings. The predicted molar refractivity (Wildman–Crippen MR) is 91.0 cm³/mol. The molecule has 0 saturated carbocycles. The molecule has 2 nitrogen and oxygen atoms in total. The van der Waals surface area contributed by atoms with Crippen molar-refractivity contribution in [3.63, 3.8) is 0 Å². The molecule has 2 rings (SSSR count). The minimum absolute atomic E-state index is 0.231. The predicted octanol–water partition coefficient (Wildman–Crippen LogP) is 4.12. The first-order valence-electron chi connectivity index (χ1n) is 7.58. The summed E-state index contributed by atoms with van der Waals surface area (Å²) in [6.45, 7) is 6.35. The van der Waals surface area contributed by atoms with E-state index in [0.717, 1.165) is 5.56 Å². The molecule has 0 aliphatic carbocycles. The van der Waals surface area contributed by atoms with E-state index in [1.807, 2.05) is 30.3 Å². The zero-order chi connectivity index (χ0) is 16.4. The number of hydrogen-bond acceptors (Lipinski definition) is 2. The van der Waals surface area contributed by atoms with Crippen LogP contribution in [0.5, 0.6) is 0 Å². The maximum absolute atomic E-state index is 12.8. The number of rotatable bonds is 5. The molecule has 0 radical (unpaired) electrons. The lowest BCUT2D eigenvalue weighted by molar-refractivity contribution is 0.594. The van der Waals surface area contributed by atoms with Gasteiger partial charge in [-0.2, -0.15) is 0 Å². The van der Waals surface area contributed by atoms with Crippen molar-refractivity contribution in [1.29, 1.82) is 0 Å². The molecular formula is C17H22O2SSi. The second-order valence-corrected chi connectivity index (χ2v) is 13.4. The van der Waals surface area contributed by atoms with E-state index in [9.17, 15) is 8.42 Å². The highest BCUT2D eigenvalue weighted by Gasteiger charge is 2.32. The summed E-state index contributed by atoms with van der Waals surface area (Å²) in [6, 6.07) is 17.9. The fourth-order valence-corrected chi connectivity index (χ4v) is 6.88. The topological polar surface area (TPSA) is 34.1 Å². The van der Waals surface area contributed by atoms with Gasteiger partial charge in [-0.05, 0) is 23.2 Å². The molecule has 2 aromatic carbocycles. The zero-order valence-electron chi connectivity index (χ0n) is 13.7. The summed E-state index contributed by atoms with van der Waals surface area (Å²) < 4.78 is 34.2. The Labute approximate surface area is 130 Å². The fourth-order valence-electron chi connectivity index (χ4n) is 2.31. The molecule has 21 heavy (non-hydrogen) atoms. The molecule has 0 heterocycles. The number of hydrogen-bond donors (Lipinski definition) is 0. The van der Waals surface area contributed by atoms with Crippen molar-refractivity contribution in [1.82, 2.24) is 0 Å². The van der Waals surface area contributed by atoms with E-state index in [2.05, 4.69) is 19.6 Å². The van der Waals surface area contributed by atoms with E-state index >= 15 is 0 Å². The van der Waals surface area contributed by atoms with Crippen LogP contribution in [0.15, 0.2) is 65.6 Å². The maximum Gasteiger partial charge on any atom is 0.178 e. The Morgan fingerprint density at radius 1 is 0.952 bits per heavy atom. The summed E-state index contributed by atoms with van der Waals surface area (Å²) in [6.07, 6.45) is 0. The average molecular weight is 320 g/mol. The van der Waals surface area contributed by atoms with Crippen molar-refractivity contribution in [2.24, 2.45) is 0 Å². The van der Waals surface area contributed by atoms with Crippen molar-refractivity contribution in [3.05, 3.63) is 66.2 Å². The van der Waals surface area contributed by atoms with Crippen molar-refractivity contribution < 1.29 is 9.79 Å². The average Bonchev–Trinajstić information content (AvgIpc) is 2.48. The lowest BCUT2D eigenvalue weighted by Gasteiger charge is -2.29. The first-order valence-corrected chi connectivity index (χ1v) is 12.1. The Hall–Kier alpha value is -1.39. The van der Waals surface area contributed by atoms with Crippen LogP contribution in [-0.2, 0) is 9.84 Å². The molecule has 112 valence electrons. The molecule has 2 aromatic rings. The molecule has 0 bridgehead atoms. The monoisotopic (exact) mass is 319 g/mol. The highest BCUT2D eigenvalue weighted by Crippen LogP contribution is 2.30. The van der Waals surface area contributed by atoms with Gasteiger partial charge in [-0.1, -0.05) is 68.2 Å². The molecule has 2 unspecified atom stereocenters. The molecule has 0 aromatic heterocycles. The summed E-state index contributed by atoms with van der Waals surface area (Å²) in [4.78, 5) is 0.231. The van der Waals surface area contributed by atoms with Gasteiger partial charge in [0.2, 0.25) is 0 Å². The second-order valence-electron chi connectivity index (χ2n) is 6.25. The van der Waals surface area contributed by atoms with Crippen LogP contribution in [0.4, 0.5) is 0 Å². The van der Waals surface area contributed by atoms with E-state index in [-0.39, 0.29) is 10.4 Å². The van der Waals surface area contributed by atoms with Crippen LogP contribution < -0.4 is 0 Å². The summed E-state index contributed by atoms with van der Waals surface area (Å²) in [7, 11) is -5.57. The van der Waals surface area contributed by atoms with E-state index in [0.29, 0.717) is 0 Å². The molecule has 0 saturated heterocycles.